The number of hydrogen-bond donors (Lipinski definition) is 2. The van der Waals surface area contributed by atoms with Crippen LogP contribution < -0.4 is 5.32 Å². The number of nitrogens with one attached hydrogen (secondary N) is 1. The largest absolute Gasteiger partial charge is 0.387 e. The fourth-order valence-corrected chi connectivity index (χ4v) is 3.00. The van der Waals surface area contributed by atoms with Crippen molar-refractivity contribution >= 4 is 0 Å². The van der Waals surface area contributed by atoms with Gasteiger partial charge in [-0.25, -0.2) is 0 Å². The van der Waals surface area contributed by atoms with E-state index < -0.39 is 6.10 Å². The maximum absolute atomic E-state index is 10.3. The molecular weight excluding hydrogens is 262 g/mol. The summed E-state index contributed by atoms with van der Waals surface area (Å²) in [5.74, 6) is 1.12. The lowest BCUT2D eigenvalue weighted by Crippen LogP contribution is -2.31. The first-order chi connectivity index (χ1) is 10.1. The molecule has 1 aliphatic heterocycles. The average Bonchev–Trinajstić information content (AvgIpc) is 2.94. The molecule has 1 fully saturated rings. The average molecular weight is 291 g/mol. The molecule has 3 heteroatoms. The number of ether oxygens (including phenoxy) is 1. The Bertz CT molecular complexity index is 416. The maximum Gasteiger partial charge on any atom is 0.0914 e. The van der Waals surface area contributed by atoms with Crippen molar-refractivity contribution in [2.75, 3.05) is 19.7 Å². The number of benzene rings is 1. The third-order valence-corrected chi connectivity index (χ3v) is 4.48. The summed E-state index contributed by atoms with van der Waals surface area (Å²) in [7, 11) is 0. The molecular formula is C18H29NO2. The minimum Gasteiger partial charge on any atom is -0.387 e. The molecule has 1 aliphatic rings. The summed E-state index contributed by atoms with van der Waals surface area (Å²) in [5, 5.41) is 13.7. The van der Waals surface area contributed by atoms with Gasteiger partial charge in [0.1, 0.15) is 0 Å². The van der Waals surface area contributed by atoms with Crippen molar-refractivity contribution in [3.05, 3.63) is 35.4 Å². The summed E-state index contributed by atoms with van der Waals surface area (Å²) in [6.07, 6.45) is 2.16. The quantitative estimate of drug-likeness (QED) is 0.810. The third-order valence-electron chi connectivity index (χ3n) is 4.48. The van der Waals surface area contributed by atoms with Gasteiger partial charge in [0.05, 0.1) is 12.2 Å². The van der Waals surface area contributed by atoms with E-state index in [4.69, 9.17) is 4.74 Å². The molecule has 0 aromatic heterocycles. The molecule has 0 saturated carbocycles. The van der Waals surface area contributed by atoms with Crippen LogP contribution in [0.1, 0.15) is 56.8 Å². The second-order valence-electron chi connectivity index (χ2n) is 6.36. The van der Waals surface area contributed by atoms with Crippen LogP contribution in [0.25, 0.3) is 0 Å². The zero-order chi connectivity index (χ0) is 15.2. The Morgan fingerprint density at radius 1 is 1.24 bits per heavy atom. The highest BCUT2D eigenvalue weighted by atomic mass is 16.5. The molecule has 118 valence electrons. The number of aliphatic hydroxyl groups is 1. The maximum atomic E-state index is 10.3. The van der Waals surface area contributed by atoms with Crippen molar-refractivity contribution < 1.29 is 9.84 Å². The summed E-state index contributed by atoms with van der Waals surface area (Å²) in [4.78, 5) is 0. The lowest BCUT2D eigenvalue weighted by atomic mass is 9.98. The molecule has 1 heterocycles. The van der Waals surface area contributed by atoms with Gasteiger partial charge >= 0.3 is 0 Å². The Hall–Kier alpha value is -0.900. The van der Waals surface area contributed by atoms with Gasteiger partial charge in [0.15, 0.2) is 0 Å². The molecule has 1 saturated heterocycles. The topological polar surface area (TPSA) is 41.5 Å². The van der Waals surface area contributed by atoms with Crippen molar-refractivity contribution in [2.24, 2.45) is 5.92 Å². The van der Waals surface area contributed by atoms with Crippen LogP contribution in [0.2, 0.25) is 0 Å². The summed E-state index contributed by atoms with van der Waals surface area (Å²) in [6, 6.07) is 8.30. The van der Waals surface area contributed by atoms with Crippen LogP contribution in [0.5, 0.6) is 0 Å². The molecule has 3 nitrogen and oxygen atoms in total. The van der Waals surface area contributed by atoms with E-state index in [2.05, 4.69) is 38.2 Å². The molecule has 0 bridgehead atoms. The van der Waals surface area contributed by atoms with Gasteiger partial charge in [0, 0.05) is 19.7 Å². The minimum absolute atomic E-state index is 0.389. The molecule has 21 heavy (non-hydrogen) atoms. The first-order valence-corrected chi connectivity index (χ1v) is 8.22. The Balaban J connectivity index is 1.77. The highest BCUT2D eigenvalue weighted by Crippen LogP contribution is 2.23. The first-order valence-electron chi connectivity index (χ1n) is 8.22. The monoisotopic (exact) mass is 291 g/mol. The standard InChI is InChI=1S/C18H29NO2/c1-4-18-16(9-10-21-18)11-19-12-17(20)15-7-5-14(6-8-15)13(2)3/h5-8,13,16-20H,4,9-12H2,1-3H3. The molecule has 1 aromatic carbocycles. The van der Waals surface area contributed by atoms with E-state index in [1.807, 2.05) is 12.1 Å². The lowest BCUT2D eigenvalue weighted by molar-refractivity contribution is 0.0858. The van der Waals surface area contributed by atoms with E-state index >= 15 is 0 Å². The van der Waals surface area contributed by atoms with E-state index in [1.165, 1.54) is 5.56 Å². The molecule has 3 unspecified atom stereocenters. The zero-order valence-electron chi connectivity index (χ0n) is 13.5. The van der Waals surface area contributed by atoms with Crippen LogP contribution in [0.3, 0.4) is 0 Å². The SMILES string of the molecule is CCC1OCCC1CNCC(O)c1ccc(C(C)C)cc1. The van der Waals surface area contributed by atoms with Crippen molar-refractivity contribution in [2.45, 2.75) is 51.7 Å². The highest BCUT2D eigenvalue weighted by Gasteiger charge is 2.26. The minimum atomic E-state index is -0.436. The van der Waals surface area contributed by atoms with Gasteiger partial charge in [-0.2, -0.15) is 0 Å². The van der Waals surface area contributed by atoms with E-state index in [9.17, 15) is 5.11 Å². The summed E-state index contributed by atoms with van der Waals surface area (Å²) >= 11 is 0. The predicted octanol–water partition coefficient (Wildman–Crippen LogP) is 3.25. The van der Waals surface area contributed by atoms with E-state index in [0.717, 1.165) is 31.6 Å². The number of rotatable bonds is 7. The normalized spacial score (nSPS) is 23.7. The zero-order valence-corrected chi connectivity index (χ0v) is 13.5. The first kappa shape index (κ1) is 16.5. The van der Waals surface area contributed by atoms with Gasteiger partial charge in [-0.3, -0.25) is 0 Å². The van der Waals surface area contributed by atoms with Gasteiger partial charge in [0.25, 0.3) is 0 Å². The summed E-state index contributed by atoms with van der Waals surface area (Å²) in [6.45, 7) is 8.95. The molecule has 0 radical (unpaired) electrons. The second-order valence-corrected chi connectivity index (χ2v) is 6.36. The van der Waals surface area contributed by atoms with Crippen LogP contribution in [0.4, 0.5) is 0 Å². The molecule has 2 rings (SSSR count). The molecule has 0 amide bonds. The molecule has 2 N–H and O–H groups in total. The van der Waals surface area contributed by atoms with Gasteiger partial charge in [-0.15, -0.1) is 0 Å². The van der Waals surface area contributed by atoms with Crippen LogP contribution in [0, 0.1) is 5.92 Å². The Kier molecular flexibility index (Phi) is 6.22. The lowest BCUT2D eigenvalue weighted by Gasteiger charge is -2.19. The van der Waals surface area contributed by atoms with Gasteiger partial charge < -0.3 is 15.2 Å². The van der Waals surface area contributed by atoms with Crippen LogP contribution >= 0.6 is 0 Å². The molecule has 0 aliphatic carbocycles. The van der Waals surface area contributed by atoms with E-state index in [-0.39, 0.29) is 0 Å². The Morgan fingerprint density at radius 2 is 1.90 bits per heavy atom. The highest BCUT2D eigenvalue weighted by molar-refractivity contribution is 5.26. The summed E-state index contributed by atoms with van der Waals surface area (Å²) < 4.78 is 5.69. The smallest absolute Gasteiger partial charge is 0.0914 e. The molecule has 0 spiro atoms. The number of hydrogen-bond acceptors (Lipinski definition) is 3. The Morgan fingerprint density at radius 3 is 2.52 bits per heavy atom. The molecule has 3 atom stereocenters. The third kappa shape index (κ3) is 4.53. The van der Waals surface area contributed by atoms with Crippen molar-refractivity contribution in [3.63, 3.8) is 0 Å². The Labute approximate surface area is 128 Å². The van der Waals surface area contributed by atoms with E-state index in [1.54, 1.807) is 0 Å². The van der Waals surface area contributed by atoms with E-state index in [0.29, 0.717) is 24.5 Å². The van der Waals surface area contributed by atoms with Crippen molar-refractivity contribution in [1.29, 1.82) is 0 Å². The fourth-order valence-electron chi connectivity index (χ4n) is 3.00. The second kappa shape index (κ2) is 7.92. The van der Waals surface area contributed by atoms with Gasteiger partial charge in [-0.05, 0) is 35.8 Å². The number of aliphatic hydroxyl groups excluding tert-OH is 1. The fraction of sp³-hybridized carbons (Fsp3) is 0.667. The predicted molar refractivity (Wildman–Crippen MR) is 86.5 cm³/mol. The van der Waals surface area contributed by atoms with Crippen LogP contribution in [-0.4, -0.2) is 30.9 Å². The van der Waals surface area contributed by atoms with Gasteiger partial charge in [-0.1, -0.05) is 45.0 Å². The van der Waals surface area contributed by atoms with Crippen molar-refractivity contribution in [3.8, 4) is 0 Å². The van der Waals surface area contributed by atoms with Crippen molar-refractivity contribution in [1.82, 2.24) is 5.32 Å². The molecule has 1 aromatic rings. The van der Waals surface area contributed by atoms with Crippen LogP contribution in [0.15, 0.2) is 24.3 Å². The van der Waals surface area contributed by atoms with Gasteiger partial charge in [0.2, 0.25) is 0 Å². The summed E-state index contributed by atoms with van der Waals surface area (Å²) in [5.41, 5.74) is 2.30. The van der Waals surface area contributed by atoms with Crippen LogP contribution in [-0.2, 0) is 4.74 Å².